The first-order chi connectivity index (χ1) is 31.1. The number of carbonyl (C=O) groups excluding carboxylic acids is 4. The molecule has 17 nitrogen and oxygen atoms in total. The van der Waals surface area contributed by atoms with E-state index in [2.05, 4.69) is 35.3 Å². The fourth-order valence-electron chi connectivity index (χ4n) is 9.18. The second-order valence-electron chi connectivity index (χ2n) is 16.9. The van der Waals surface area contributed by atoms with Gasteiger partial charge in [-0.2, -0.15) is 0 Å². The minimum absolute atomic E-state index is 0.0341. The first-order valence-corrected chi connectivity index (χ1v) is 21.7. The third-order valence-electron chi connectivity index (χ3n) is 12.9. The van der Waals surface area contributed by atoms with Crippen LogP contribution in [0.1, 0.15) is 70.4 Å². The van der Waals surface area contributed by atoms with Gasteiger partial charge in [0.15, 0.2) is 0 Å². The van der Waals surface area contributed by atoms with Gasteiger partial charge in [-0.05, 0) is 86.7 Å². The number of nitrogens with two attached hydrogens (primary N) is 1. The molecule has 3 fully saturated rings. The number of hydrogen-bond acceptors (Lipinski definition) is 15. The predicted octanol–water partition coefficient (Wildman–Crippen LogP) is 4.93. The number of para-hydroxylation sites is 1. The van der Waals surface area contributed by atoms with Crippen LogP contribution in [0.2, 0.25) is 0 Å². The number of aldehydes is 1. The molecular weight excluding hydrogens is 813 g/mol. The summed E-state index contributed by atoms with van der Waals surface area (Å²) in [6.45, 7) is 4.94. The average molecular weight is 863 g/mol. The molecule has 1 atom stereocenters. The lowest BCUT2D eigenvalue weighted by molar-refractivity contribution is -0.121. The Balaban J connectivity index is 0.747. The molecule has 9 rings (SSSR count). The van der Waals surface area contributed by atoms with E-state index in [1.165, 1.54) is 13.4 Å². The Kier molecular flexibility index (Phi) is 11.6. The van der Waals surface area contributed by atoms with Crippen molar-refractivity contribution in [1.82, 2.24) is 30.2 Å². The molecule has 4 aliphatic heterocycles. The zero-order valence-corrected chi connectivity index (χ0v) is 35.6. The molecule has 1 spiro atoms. The number of amides is 3. The summed E-state index contributed by atoms with van der Waals surface area (Å²) in [5.74, 6) is 1.64. The fraction of sp³-hybridized carbons (Fsp3) is 0.340. The first kappa shape index (κ1) is 41.9. The molecule has 6 heterocycles. The van der Waals surface area contributed by atoms with Crippen LogP contribution in [0.5, 0.6) is 11.5 Å². The SMILES string of the molecule is CNC(=O)CCC(C=O)N1C(=O)c2ccc(N3CC4(CCN(c5ncc(N6CCC(Nc7ncnc(N)c7C(=N)c7ccc(Oc8ccccc8)cc7)CC6)cn5)CC4)C3)cc2C1=O. The Hall–Kier alpha value is -7.43. The number of piperidine rings is 2. The van der Waals surface area contributed by atoms with E-state index in [0.29, 0.717) is 34.5 Å². The molecule has 3 amide bonds. The van der Waals surface area contributed by atoms with Gasteiger partial charge in [-0.1, -0.05) is 18.2 Å². The van der Waals surface area contributed by atoms with Gasteiger partial charge in [0.1, 0.15) is 35.7 Å². The summed E-state index contributed by atoms with van der Waals surface area (Å²) in [5, 5.41) is 15.1. The molecule has 5 aromatic rings. The lowest BCUT2D eigenvalue weighted by Gasteiger charge is -2.55. The number of nitrogens with zero attached hydrogens (tertiary/aromatic N) is 8. The molecule has 328 valence electrons. The van der Waals surface area contributed by atoms with E-state index in [1.807, 2.05) is 73.1 Å². The minimum Gasteiger partial charge on any atom is -0.457 e. The van der Waals surface area contributed by atoms with Crippen molar-refractivity contribution in [1.29, 1.82) is 5.41 Å². The van der Waals surface area contributed by atoms with Crippen molar-refractivity contribution in [2.75, 3.05) is 72.1 Å². The van der Waals surface area contributed by atoms with Crippen molar-refractivity contribution in [2.45, 2.75) is 50.6 Å². The lowest BCUT2D eigenvalue weighted by Crippen LogP contribution is -2.60. The highest BCUT2D eigenvalue weighted by molar-refractivity contribution is 6.22. The van der Waals surface area contributed by atoms with E-state index in [1.54, 1.807) is 12.1 Å². The number of carbonyl (C=O) groups is 4. The molecule has 3 saturated heterocycles. The largest absolute Gasteiger partial charge is 0.457 e. The van der Waals surface area contributed by atoms with Crippen LogP contribution in [0.15, 0.2) is 91.5 Å². The number of benzene rings is 3. The molecule has 2 aromatic heterocycles. The third kappa shape index (κ3) is 8.40. The number of anilines is 5. The van der Waals surface area contributed by atoms with Gasteiger partial charge in [-0.15, -0.1) is 0 Å². The van der Waals surface area contributed by atoms with E-state index < -0.39 is 17.9 Å². The number of fused-ring (bicyclic) bond motifs is 1. The fourth-order valence-corrected chi connectivity index (χ4v) is 9.18. The lowest BCUT2D eigenvalue weighted by atomic mass is 9.71. The van der Waals surface area contributed by atoms with Gasteiger partial charge in [-0.3, -0.25) is 24.7 Å². The summed E-state index contributed by atoms with van der Waals surface area (Å²) in [6.07, 6.45) is 9.56. The summed E-state index contributed by atoms with van der Waals surface area (Å²) in [6, 6.07) is 21.3. The quantitative estimate of drug-likeness (QED) is 0.0662. The van der Waals surface area contributed by atoms with Gasteiger partial charge >= 0.3 is 0 Å². The van der Waals surface area contributed by atoms with Gasteiger partial charge in [0.2, 0.25) is 11.9 Å². The van der Waals surface area contributed by atoms with E-state index in [0.717, 1.165) is 92.9 Å². The Bertz CT molecular complexity index is 2550. The molecule has 3 aromatic carbocycles. The zero-order valence-electron chi connectivity index (χ0n) is 35.6. The van der Waals surface area contributed by atoms with Gasteiger partial charge in [0.05, 0.1) is 46.5 Å². The van der Waals surface area contributed by atoms with Crippen LogP contribution in [0, 0.1) is 10.8 Å². The van der Waals surface area contributed by atoms with Crippen molar-refractivity contribution in [3.63, 3.8) is 0 Å². The normalized spacial score (nSPS) is 17.5. The second kappa shape index (κ2) is 17.7. The van der Waals surface area contributed by atoms with Gasteiger partial charge < -0.3 is 40.6 Å². The van der Waals surface area contributed by atoms with Gasteiger partial charge in [-0.25, -0.2) is 19.9 Å². The van der Waals surface area contributed by atoms with Crippen LogP contribution in [-0.2, 0) is 9.59 Å². The van der Waals surface area contributed by atoms with Gasteiger partial charge in [0, 0.05) is 75.4 Å². The van der Waals surface area contributed by atoms with Crippen LogP contribution in [0.25, 0.3) is 0 Å². The highest BCUT2D eigenvalue weighted by Gasteiger charge is 2.46. The molecule has 17 heteroatoms. The summed E-state index contributed by atoms with van der Waals surface area (Å²) in [7, 11) is 1.50. The standard InChI is InChI=1S/C47H50N12O5/c1-50-39(61)14-10-33(26-60)59-44(62)37-13-9-32(23-38(37)45(59)63)58-27-47(28-58)17-21-57(22-18-47)46-51-24-34(25-52-46)56-19-15-31(16-20-56)55-43-40(42(49)53-29-54-43)41(48)30-7-11-36(12-8-30)64-35-5-3-2-4-6-35/h2-9,11-13,23-26,29,31,33,48H,10,14-22,27-28H2,1H3,(H,50,61)(H3,49,53,54,55). The smallest absolute Gasteiger partial charge is 0.262 e. The highest BCUT2D eigenvalue weighted by Crippen LogP contribution is 2.44. The molecule has 64 heavy (non-hydrogen) atoms. The number of ether oxygens (including phenoxy) is 1. The Morgan fingerprint density at radius 3 is 2.23 bits per heavy atom. The minimum atomic E-state index is -1.000. The average Bonchev–Trinajstić information content (AvgIpc) is 3.56. The van der Waals surface area contributed by atoms with Gasteiger partial charge in [0.25, 0.3) is 11.8 Å². The molecular formula is C47H50N12O5. The van der Waals surface area contributed by atoms with E-state index >= 15 is 0 Å². The van der Waals surface area contributed by atoms with Crippen molar-refractivity contribution < 1.29 is 23.9 Å². The number of nitrogen functional groups attached to an aromatic ring is 1. The topological polar surface area (TPSA) is 216 Å². The number of imide groups is 1. The molecule has 0 bridgehead atoms. The van der Waals surface area contributed by atoms with Crippen molar-refractivity contribution in [2.24, 2.45) is 5.41 Å². The molecule has 4 aliphatic rings. The monoisotopic (exact) mass is 862 g/mol. The maximum atomic E-state index is 13.4. The zero-order chi connectivity index (χ0) is 44.4. The van der Waals surface area contributed by atoms with Crippen LogP contribution in [-0.4, -0.2) is 113 Å². The number of nitrogens with one attached hydrogen (secondary N) is 3. The summed E-state index contributed by atoms with van der Waals surface area (Å²) >= 11 is 0. The van der Waals surface area contributed by atoms with Crippen LogP contribution in [0.4, 0.5) is 29.0 Å². The summed E-state index contributed by atoms with van der Waals surface area (Å²) in [4.78, 5) is 76.2. The summed E-state index contributed by atoms with van der Waals surface area (Å²) in [5.41, 5.74) is 10.3. The van der Waals surface area contributed by atoms with E-state index in [9.17, 15) is 19.2 Å². The van der Waals surface area contributed by atoms with E-state index in [4.69, 9.17) is 25.8 Å². The number of rotatable bonds is 14. The first-order valence-electron chi connectivity index (χ1n) is 21.7. The molecule has 5 N–H and O–H groups in total. The molecule has 0 aliphatic carbocycles. The van der Waals surface area contributed by atoms with Crippen LogP contribution < -0.4 is 35.8 Å². The maximum absolute atomic E-state index is 13.4. The second-order valence-corrected chi connectivity index (χ2v) is 16.9. The maximum Gasteiger partial charge on any atom is 0.262 e. The Morgan fingerprint density at radius 1 is 0.859 bits per heavy atom. The van der Waals surface area contributed by atoms with Crippen molar-refractivity contribution >= 4 is 58.7 Å². The number of aromatic nitrogens is 4. The van der Waals surface area contributed by atoms with Crippen molar-refractivity contribution in [3.05, 3.63) is 114 Å². The molecule has 0 radical (unpaired) electrons. The Morgan fingerprint density at radius 2 is 1.55 bits per heavy atom. The highest BCUT2D eigenvalue weighted by atomic mass is 16.5. The van der Waals surface area contributed by atoms with Crippen LogP contribution >= 0.6 is 0 Å². The Labute approximate surface area is 370 Å². The molecule has 0 saturated carbocycles. The van der Waals surface area contributed by atoms with Crippen molar-refractivity contribution in [3.8, 4) is 11.5 Å². The van der Waals surface area contributed by atoms with Crippen LogP contribution in [0.3, 0.4) is 0 Å². The predicted molar refractivity (Wildman–Crippen MR) is 242 cm³/mol. The summed E-state index contributed by atoms with van der Waals surface area (Å²) < 4.78 is 5.93. The van der Waals surface area contributed by atoms with E-state index in [-0.39, 0.29) is 47.3 Å². The number of hydrogen-bond donors (Lipinski definition) is 4. The third-order valence-corrected chi connectivity index (χ3v) is 12.9. The molecule has 1 unspecified atom stereocenters.